The Morgan fingerprint density at radius 1 is 0.963 bits per heavy atom. The second-order valence-electron chi connectivity index (χ2n) is 7.29. The van der Waals surface area contributed by atoms with Gasteiger partial charge in [-0.05, 0) is 61.9 Å². The molecular weight excluding hydrogens is 333 g/mol. The van der Waals surface area contributed by atoms with E-state index in [0.29, 0.717) is 6.42 Å². The minimum Gasteiger partial charge on any atom is -0.248 e. The van der Waals surface area contributed by atoms with Crippen LogP contribution in [0.3, 0.4) is 0 Å². The van der Waals surface area contributed by atoms with E-state index in [4.69, 9.17) is 4.98 Å². The SMILES string of the molecule is C=CCc1ccc2nc(-c3ccc(CCCCCC(C)F)cc3)ccc2c1. The fourth-order valence-corrected chi connectivity index (χ4v) is 3.40. The molecule has 0 spiro atoms. The predicted octanol–water partition coefficient (Wildman–Crippen LogP) is 7.09. The summed E-state index contributed by atoms with van der Waals surface area (Å²) in [5.74, 6) is 0. The van der Waals surface area contributed by atoms with E-state index in [1.54, 1.807) is 6.92 Å². The summed E-state index contributed by atoms with van der Waals surface area (Å²) in [6.07, 6.45) is 7.05. The minimum atomic E-state index is -0.674. The molecule has 0 radical (unpaired) electrons. The van der Waals surface area contributed by atoms with Crippen molar-refractivity contribution in [1.82, 2.24) is 4.98 Å². The zero-order valence-electron chi connectivity index (χ0n) is 16.1. The normalized spacial score (nSPS) is 12.2. The first kappa shape index (κ1) is 19.3. The molecule has 0 bridgehead atoms. The lowest BCUT2D eigenvalue weighted by molar-refractivity contribution is 0.330. The smallest absolute Gasteiger partial charge is 0.0973 e. The van der Waals surface area contributed by atoms with Gasteiger partial charge >= 0.3 is 0 Å². The van der Waals surface area contributed by atoms with Crippen LogP contribution >= 0.6 is 0 Å². The second kappa shape index (κ2) is 9.45. The Morgan fingerprint density at radius 3 is 2.48 bits per heavy atom. The molecule has 0 aliphatic heterocycles. The minimum absolute atomic E-state index is 0.674. The molecule has 0 aliphatic carbocycles. The molecule has 2 aromatic carbocycles. The highest BCUT2D eigenvalue weighted by molar-refractivity contribution is 5.82. The van der Waals surface area contributed by atoms with Crippen molar-refractivity contribution >= 4 is 10.9 Å². The van der Waals surface area contributed by atoms with Gasteiger partial charge < -0.3 is 0 Å². The summed E-state index contributed by atoms with van der Waals surface area (Å²) < 4.78 is 12.8. The fourth-order valence-electron chi connectivity index (χ4n) is 3.40. The van der Waals surface area contributed by atoms with Gasteiger partial charge in [-0.15, -0.1) is 6.58 Å². The van der Waals surface area contributed by atoms with Gasteiger partial charge in [0.2, 0.25) is 0 Å². The van der Waals surface area contributed by atoms with Crippen LogP contribution < -0.4 is 0 Å². The second-order valence-corrected chi connectivity index (χ2v) is 7.29. The van der Waals surface area contributed by atoms with Gasteiger partial charge in [-0.3, -0.25) is 0 Å². The molecule has 0 N–H and O–H groups in total. The molecule has 140 valence electrons. The summed E-state index contributed by atoms with van der Waals surface area (Å²) >= 11 is 0. The van der Waals surface area contributed by atoms with Crippen molar-refractivity contribution < 1.29 is 4.39 Å². The summed E-state index contributed by atoms with van der Waals surface area (Å²) in [6, 6.07) is 19.3. The van der Waals surface area contributed by atoms with Gasteiger partial charge in [0.05, 0.1) is 17.4 Å². The molecule has 2 heteroatoms. The first-order valence-corrected chi connectivity index (χ1v) is 9.89. The summed E-state index contributed by atoms with van der Waals surface area (Å²) in [5, 5.41) is 1.16. The Bertz CT molecular complexity index is 880. The molecule has 0 saturated heterocycles. The molecule has 3 aromatic rings. The van der Waals surface area contributed by atoms with E-state index in [2.05, 4.69) is 61.2 Å². The van der Waals surface area contributed by atoms with Crippen molar-refractivity contribution in [1.29, 1.82) is 0 Å². The number of nitrogens with zero attached hydrogens (tertiary/aromatic N) is 1. The van der Waals surface area contributed by atoms with Crippen LogP contribution in [0.25, 0.3) is 22.2 Å². The van der Waals surface area contributed by atoms with Gasteiger partial charge in [0.25, 0.3) is 0 Å². The van der Waals surface area contributed by atoms with Crippen LogP contribution in [-0.2, 0) is 12.8 Å². The van der Waals surface area contributed by atoms with Crippen molar-refractivity contribution in [3.63, 3.8) is 0 Å². The molecule has 1 unspecified atom stereocenters. The topological polar surface area (TPSA) is 12.9 Å². The highest BCUT2D eigenvalue weighted by Crippen LogP contribution is 2.23. The first-order chi connectivity index (χ1) is 13.2. The molecule has 1 aromatic heterocycles. The Morgan fingerprint density at radius 2 is 1.74 bits per heavy atom. The fraction of sp³-hybridized carbons (Fsp3) is 0.320. The third-order valence-electron chi connectivity index (χ3n) is 4.95. The number of aryl methyl sites for hydroxylation is 1. The summed E-state index contributed by atoms with van der Waals surface area (Å²) in [7, 11) is 0. The zero-order valence-corrected chi connectivity index (χ0v) is 16.1. The summed E-state index contributed by atoms with van der Waals surface area (Å²) in [6.45, 7) is 5.44. The number of allylic oxidation sites excluding steroid dienone is 1. The van der Waals surface area contributed by atoms with Crippen LogP contribution in [-0.4, -0.2) is 11.2 Å². The number of alkyl halides is 1. The lowest BCUT2D eigenvalue weighted by Crippen LogP contribution is -1.93. The van der Waals surface area contributed by atoms with Crippen molar-refractivity contribution in [2.45, 2.75) is 51.6 Å². The van der Waals surface area contributed by atoms with E-state index < -0.39 is 6.17 Å². The average Bonchev–Trinajstić information content (AvgIpc) is 2.68. The molecule has 1 atom stereocenters. The maximum absolute atomic E-state index is 12.8. The molecule has 0 fully saturated rings. The summed E-state index contributed by atoms with van der Waals surface area (Å²) in [4.78, 5) is 4.82. The van der Waals surface area contributed by atoms with E-state index in [0.717, 1.165) is 54.3 Å². The number of hydrogen-bond donors (Lipinski definition) is 0. The zero-order chi connectivity index (χ0) is 19.1. The Hall–Kier alpha value is -2.48. The Balaban J connectivity index is 1.64. The lowest BCUT2D eigenvalue weighted by Gasteiger charge is -2.07. The van der Waals surface area contributed by atoms with Crippen LogP contribution in [0.4, 0.5) is 4.39 Å². The van der Waals surface area contributed by atoms with E-state index in [9.17, 15) is 4.39 Å². The number of unbranched alkanes of at least 4 members (excludes halogenated alkanes) is 2. The van der Waals surface area contributed by atoms with Crippen LogP contribution in [0.15, 0.2) is 67.3 Å². The molecule has 27 heavy (non-hydrogen) atoms. The molecule has 0 saturated carbocycles. The van der Waals surface area contributed by atoms with Gasteiger partial charge in [0, 0.05) is 10.9 Å². The Kier molecular flexibility index (Phi) is 6.75. The number of aromatic nitrogens is 1. The van der Waals surface area contributed by atoms with E-state index >= 15 is 0 Å². The summed E-state index contributed by atoms with van der Waals surface area (Å²) in [5.41, 5.74) is 5.76. The monoisotopic (exact) mass is 361 g/mol. The van der Waals surface area contributed by atoms with Gasteiger partial charge in [0.15, 0.2) is 0 Å². The highest BCUT2D eigenvalue weighted by Gasteiger charge is 2.04. The maximum atomic E-state index is 12.8. The number of benzene rings is 2. The third-order valence-corrected chi connectivity index (χ3v) is 4.95. The largest absolute Gasteiger partial charge is 0.248 e. The van der Waals surface area contributed by atoms with Crippen LogP contribution in [0.1, 0.15) is 43.7 Å². The van der Waals surface area contributed by atoms with Gasteiger partial charge in [0.1, 0.15) is 0 Å². The standard InChI is InChI=1S/C25H28FN/c1-3-7-21-12-16-25-23(18-21)15-17-24(27-25)22-13-10-20(11-14-22)9-6-4-5-8-19(2)26/h3,10-19H,1,4-9H2,2H3. The number of fused-ring (bicyclic) bond motifs is 1. The molecule has 0 aliphatic rings. The van der Waals surface area contributed by atoms with Crippen LogP contribution in [0.5, 0.6) is 0 Å². The number of rotatable bonds is 9. The number of halogens is 1. The molecule has 0 amide bonds. The van der Waals surface area contributed by atoms with Crippen molar-refractivity contribution in [2.75, 3.05) is 0 Å². The van der Waals surface area contributed by atoms with Crippen molar-refractivity contribution in [2.24, 2.45) is 0 Å². The van der Waals surface area contributed by atoms with Crippen LogP contribution in [0.2, 0.25) is 0 Å². The maximum Gasteiger partial charge on any atom is 0.0973 e. The van der Waals surface area contributed by atoms with Gasteiger partial charge in [-0.2, -0.15) is 0 Å². The predicted molar refractivity (Wildman–Crippen MR) is 114 cm³/mol. The molecule has 1 heterocycles. The van der Waals surface area contributed by atoms with E-state index in [1.807, 2.05) is 6.08 Å². The lowest BCUT2D eigenvalue weighted by atomic mass is 10.0. The van der Waals surface area contributed by atoms with Crippen molar-refractivity contribution in [3.8, 4) is 11.3 Å². The van der Waals surface area contributed by atoms with Gasteiger partial charge in [-0.25, -0.2) is 9.37 Å². The quantitative estimate of drug-likeness (QED) is 0.293. The molecule has 1 nitrogen and oxygen atoms in total. The number of hydrogen-bond acceptors (Lipinski definition) is 1. The molecular formula is C25H28FN. The third kappa shape index (κ3) is 5.50. The van der Waals surface area contributed by atoms with E-state index in [-0.39, 0.29) is 0 Å². The number of pyridine rings is 1. The van der Waals surface area contributed by atoms with Gasteiger partial charge in [-0.1, -0.05) is 55.3 Å². The van der Waals surface area contributed by atoms with Crippen LogP contribution in [0, 0.1) is 0 Å². The van der Waals surface area contributed by atoms with E-state index in [1.165, 1.54) is 11.1 Å². The first-order valence-electron chi connectivity index (χ1n) is 9.89. The Labute approximate surface area is 162 Å². The molecule has 3 rings (SSSR count). The average molecular weight is 362 g/mol. The highest BCUT2D eigenvalue weighted by atomic mass is 19.1. The van der Waals surface area contributed by atoms with Crippen molar-refractivity contribution in [3.05, 3.63) is 78.4 Å².